The molecule has 7 heteroatoms. The van der Waals surface area contributed by atoms with Gasteiger partial charge in [-0.25, -0.2) is 8.42 Å². The Bertz CT molecular complexity index is 937. The summed E-state index contributed by atoms with van der Waals surface area (Å²) in [6.07, 6.45) is 3.28. The van der Waals surface area contributed by atoms with E-state index in [1.807, 2.05) is 0 Å². The normalized spacial score (nSPS) is 33.9. The number of aliphatic hydroxyl groups is 1. The molecule has 6 nitrogen and oxygen atoms in total. The predicted octanol–water partition coefficient (Wildman–Crippen LogP) is 2.69. The maximum absolute atomic E-state index is 13.1. The smallest absolute Gasteiger partial charge is 0.251 e. The summed E-state index contributed by atoms with van der Waals surface area (Å²) in [6, 6.07) is 4.97. The Morgan fingerprint density at radius 3 is 2.55 bits per heavy atom. The summed E-state index contributed by atoms with van der Waals surface area (Å²) in [5, 5.41) is 13.0. The maximum atomic E-state index is 13.1. The lowest BCUT2D eigenvalue weighted by Gasteiger charge is -2.43. The molecule has 1 unspecified atom stereocenters. The minimum atomic E-state index is -3.74. The Morgan fingerprint density at radius 1 is 1.24 bits per heavy atom. The lowest BCUT2D eigenvalue weighted by Crippen LogP contribution is -2.52. The van der Waals surface area contributed by atoms with Crippen molar-refractivity contribution in [1.82, 2.24) is 9.62 Å². The van der Waals surface area contributed by atoms with Crippen LogP contribution >= 0.6 is 0 Å². The topological polar surface area (TPSA) is 86.7 Å². The summed E-state index contributed by atoms with van der Waals surface area (Å²) in [6.45, 7) is 8.87. The van der Waals surface area contributed by atoms with Crippen LogP contribution in [0.2, 0.25) is 0 Å². The van der Waals surface area contributed by atoms with Crippen LogP contribution in [0.5, 0.6) is 0 Å². The highest BCUT2D eigenvalue weighted by Gasteiger charge is 2.59. The summed E-state index contributed by atoms with van der Waals surface area (Å²) in [7, 11) is -3.74. The number of rotatable bonds is 4. The fourth-order valence-electron chi connectivity index (χ4n) is 5.96. The number of sulfonamides is 1. The lowest BCUT2D eigenvalue weighted by molar-refractivity contribution is 0.0737. The number of amides is 1. The second-order valence-electron chi connectivity index (χ2n) is 10.1. The zero-order chi connectivity index (χ0) is 21.2. The van der Waals surface area contributed by atoms with E-state index in [0.717, 1.165) is 12.8 Å². The molecular weight excluding hydrogens is 388 g/mol. The van der Waals surface area contributed by atoms with Crippen LogP contribution in [0.3, 0.4) is 0 Å². The molecule has 4 atom stereocenters. The number of benzene rings is 1. The van der Waals surface area contributed by atoms with Crippen molar-refractivity contribution in [1.29, 1.82) is 0 Å². The number of nitrogens with zero attached hydrogens (tertiary/aromatic N) is 1. The average Bonchev–Trinajstić information content (AvgIpc) is 3.30. The first-order chi connectivity index (χ1) is 13.4. The van der Waals surface area contributed by atoms with Crippen LogP contribution in [-0.4, -0.2) is 49.0 Å². The zero-order valence-electron chi connectivity index (χ0n) is 17.7. The Labute approximate surface area is 173 Å². The van der Waals surface area contributed by atoms with Crippen LogP contribution < -0.4 is 5.32 Å². The van der Waals surface area contributed by atoms with Crippen LogP contribution in [0.15, 0.2) is 23.1 Å². The minimum Gasteiger partial charge on any atom is -0.392 e. The van der Waals surface area contributed by atoms with Gasteiger partial charge in [0.2, 0.25) is 10.0 Å². The van der Waals surface area contributed by atoms with E-state index < -0.39 is 16.1 Å². The van der Waals surface area contributed by atoms with E-state index in [1.165, 1.54) is 16.8 Å². The highest BCUT2D eigenvalue weighted by atomic mass is 32.2. The summed E-state index contributed by atoms with van der Waals surface area (Å²) in [5.41, 5.74) is 1.12. The van der Waals surface area contributed by atoms with Crippen molar-refractivity contribution in [3.05, 3.63) is 29.3 Å². The number of hydrogen-bond donors (Lipinski definition) is 2. The van der Waals surface area contributed by atoms with Gasteiger partial charge in [0, 0.05) is 24.7 Å². The van der Waals surface area contributed by atoms with Crippen LogP contribution in [0.25, 0.3) is 0 Å². The number of carbonyl (C=O) groups excluding carboxylic acids is 1. The van der Waals surface area contributed by atoms with Gasteiger partial charge in [0.05, 0.1) is 11.0 Å². The van der Waals surface area contributed by atoms with Gasteiger partial charge in [-0.2, -0.15) is 4.31 Å². The molecule has 2 saturated carbocycles. The molecule has 4 rings (SSSR count). The highest BCUT2D eigenvalue weighted by Crippen LogP contribution is 2.62. The van der Waals surface area contributed by atoms with Gasteiger partial charge >= 0.3 is 0 Å². The second kappa shape index (κ2) is 6.79. The standard InChI is InChI=1S/C22H32N2O4S/c1-14-5-6-15(11-18(14)29(27,28)24-10-8-17(25)13-24)19(26)23-20-21(2,3)16-7-9-22(20,4)12-16/h5-6,11,16-17,20,25H,7-10,12-13H2,1-4H3,(H,23,26)/t16-,17-,20?,22-/m1/s1. The summed E-state index contributed by atoms with van der Waals surface area (Å²) in [5.74, 6) is 0.406. The van der Waals surface area contributed by atoms with E-state index in [1.54, 1.807) is 19.1 Å². The van der Waals surface area contributed by atoms with Crippen LogP contribution in [0.1, 0.15) is 62.4 Å². The zero-order valence-corrected chi connectivity index (χ0v) is 18.6. The van der Waals surface area contributed by atoms with E-state index in [-0.39, 0.29) is 34.2 Å². The largest absolute Gasteiger partial charge is 0.392 e. The number of nitrogens with one attached hydrogen (secondary N) is 1. The van der Waals surface area contributed by atoms with Crippen molar-refractivity contribution in [2.24, 2.45) is 16.7 Å². The van der Waals surface area contributed by atoms with Crippen molar-refractivity contribution in [2.45, 2.75) is 70.4 Å². The van der Waals surface area contributed by atoms with Crippen molar-refractivity contribution in [3.8, 4) is 0 Å². The molecule has 1 aliphatic heterocycles. The van der Waals surface area contributed by atoms with Crippen molar-refractivity contribution in [2.75, 3.05) is 13.1 Å². The molecule has 1 saturated heterocycles. The van der Waals surface area contributed by atoms with Gasteiger partial charge in [-0.3, -0.25) is 4.79 Å². The third-order valence-corrected chi connectivity index (χ3v) is 9.75. The molecule has 1 aromatic carbocycles. The predicted molar refractivity (Wildman–Crippen MR) is 111 cm³/mol. The Hall–Kier alpha value is -1.44. The van der Waals surface area contributed by atoms with Gasteiger partial charge in [0.15, 0.2) is 0 Å². The van der Waals surface area contributed by atoms with Crippen molar-refractivity contribution in [3.63, 3.8) is 0 Å². The molecular formula is C22H32N2O4S. The number of hydrogen-bond acceptors (Lipinski definition) is 4. The number of fused-ring (bicyclic) bond motifs is 2. The third kappa shape index (κ3) is 3.31. The molecule has 1 aromatic rings. The van der Waals surface area contributed by atoms with Gasteiger partial charge < -0.3 is 10.4 Å². The number of aryl methyl sites for hydroxylation is 1. The first-order valence-electron chi connectivity index (χ1n) is 10.5. The second-order valence-corrected chi connectivity index (χ2v) is 12.0. The van der Waals surface area contributed by atoms with Gasteiger partial charge in [-0.05, 0) is 67.1 Å². The fourth-order valence-corrected chi connectivity index (χ4v) is 7.71. The molecule has 3 fully saturated rings. The van der Waals surface area contributed by atoms with E-state index in [0.29, 0.717) is 30.0 Å². The van der Waals surface area contributed by atoms with Gasteiger partial charge in [0.25, 0.3) is 5.91 Å². The molecule has 29 heavy (non-hydrogen) atoms. The fraction of sp³-hybridized carbons (Fsp3) is 0.682. The first kappa shape index (κ1) is 20.8. The molecule has 0 aromatic heterocycles. The molecule has 2 bridgehead atoms. The van der Waals surface area contributed by atoms with Crippen LogP contribution in [0, 0.1) is 23.7 Å². The molecule has 0 spiro atoms. The molecule has 2 aliphatic carbocycles. The third-order valence-electron chi connectivity index (χ3n) is 7.74. The average molecular weight is 421 g/mol. The molecule has 2 N–H and O–H groups in total. The number of carbonyl (C=O) groups is 1. The Kier molecular flexibility index (Phi) is 4.87. The Morgan fingerprint density at radius 2 is 1.97 bits per heavy atom. The van der Waals surface area contributed by atoms with E-state index in [2.05, 4.69) is 26.1 Å². The molecule has 1 heterocycles. The minimum absolute atomic E-state index is 0.0357. The van der Waals surface area contributed by atoms with E-state index in [4.69, 9.17) is 0 Å². The van der Waals surface area contributed by atoms with Crippen LogP contribution in [-0.2, 0) is 10.0 Å². The highest BCUT2D eigenvalue weighted by molar-refractivity contribution is 7.89. The molecule has 3 aliphatic rings. The Balaban J connectivity index is 1.60. The van der Waals surface area contributed by atoms with Crippen molar-refractivity contribution >= 4 is 15.9 Å². The summed E-state index contributed by atoms with van der Waals surface area (Å²) in [4.78, 5) is 13.3. The number of β-amino-alcohol motifs (C(OH)–C–C–N with tert-alkyl or cyclic N) is 1. The monoisotopic (exact) mass is 420 g/mol. The van der Waals surface area contributed by atoms with Gasteiger partial charge in [-0.15, -0.1) is 0 Å². The lowest BCUT2D eigenvalue weighted by atomic mass is 9.68. The SMILES string of the molecule is Cc1ccc(C(=O)NC2C(C)(C)[C@@H]3CC[C@]2(C)C3)cc1S(=O)(=O)N1CC[C@@H](O)C1. The molecule has 1 amide bonds. The van der Waals surface area contributed by atoms with E-state index in [9.17, 15) is 18.3 Å². The van der Waals surface area contributed by atoms with Crippen LogP contribution in [0.4, 0.5) is 0 Å². The molecule has 0 radical (unpaired) electrons. The van der Waals surface area contributed by atoms with Gasteiger partial charge in [-0.1, -0.05) is 26.8 Å². The first-order valence-corrected chi connectivity index (χ1v) is 12.0. The van der Waals surface area contributed by atoms with Gasteiger partial charge in [0.1, 0.15) is 0 Å². The maximum Gasteiger partial charge on any atom is 0.251 e. The number of aliphatic hydroxyl groups excluding tert-OH is 1. The molecule has 160 valence electrons. The quantitative estimate of drug-likeness (QED) is 0.784. The summed E-state index contributed by atoms with van der Waals surface area (Å²) < 4.78 is 27.4. The van der Waals surface area contributed by atoms with Crippen molar-refractivity contribution < 1.29 is 18.3 Å². The van der Waals surface area contributed by atoms with E-state index >= 15 is 0 Å². The summed E-state index contributed by atoms with van der Waals surface area (Å²) >= 11 is 0.